The van der Waals surface area contributed by atoms with Crippen LogP contribution >= 0.6 is 0 Å². The van der Waals surface area contributed by atoms with E-state index in [9.17, 15) is 23.1 Å². The van der Waals surface area contributed by atoms with Crippen LogP contribution in [0.4, 0.5) is 13.2 Å². The molecule has 4 aromatic carbocycles. The molecule has 0 aliphatic heterocycles. The summed E-state index contributed by atoms with van der Waals surface area (Å²) in [5.74, 6) is -0.834. The minimum Gasteiger partial charge on any atom is -0.512 e. The average molecular weight is 1040 g/mol. The van der Waals surface area contributed by atoms with Gasteiger partial charge in [0.15, 0.2) is 5.78 Å². The number of aromatic nitrogens is 2. The van der Waals surface area contributed by atoms with Crippen LogP contribution in [-0.4, -0.2) is 27.0 Å². The molecule has 1 atom stereocenters. The maximum Gasteiger partial charge on any atom is 0.389 e. The van der Waals surface area contributed by atoms with Gasteiger partial charge in [-0.3, -0.25) is 4.79 Å². The number of allylic oxidation sites excluding steroid dienone is 2. The fourth-order valence-electron chi connectivity index (χ4n) is 8.42. The SMILES string of the molecule is CCC(CC)C(=O)/C=C(\O)C(CC)CC(F)(F)F.[2H]c1cc2cc(C(C)C)ccc2c(-c2[c-]c(C)cc(C)c2)n1.[2H]c1cc2cc(C3CCCC3)ccc2c(-c2[c-]c(C)cc(C)c2)n1.[Ir]. The predicted molar refractivity (Wildman–Crippen MR) is 251 cm³/mol. The van der Waals surface area contributed by atoms with Gasteiger partial charge in [0, 0.05) is 50.4 Å². The zero-order valence-corrected chi connectivity index (χ0v) is 40.6. The Morgan fingerprint density at radius 3 is 1.71 bits per heavy atom. The van der Waals surface area contributed by atoms with E-state index in [0.29, 0.717) is 37.0 Å². The summed E-state index contributed by atoms with van der Waals surface area (Å²) in [6.07, 6.45) is 2.83. The van der Waals surface area contributed by atoms with E-state index in [2.05, 4.69) is 117 Å². The number of benzene rings is 4. The molecule has 63 heavy (non-hydrogen) atoms. The first-order valence-corrected chi connectivity index (χ1v) is 22.1. The predicted octanol–water partition coefficient (Wildman–Crippen LogP) is 15.8. The van der Waals surface area contributed by atoms with Crippen molar-refractivity contribution in [2.45, 2.75) is 132 Å². The largest absolute Gasteiger partial charge is 0.512 e. The Kier molecular flexibility index (Phi) is 17.7. The fourth-order valence-corrected chi connectivity index (χ4v) is 8.42. The number of carbonyl (C=O) groups is 1. The first-order chi connectivity index (χ1) is 30.3. The second kappa shape index (κ2) is 23.3. The minimum atomic E-state index is -4.33. The molecule has 0 spiro atoms. The van der Waals surface area contributed by atoms with E-state index >= 15 is 0 Å². The number of nitrogens with zero attached hydrogens (tertiary/aromatic N) is 2. The molecule has 1 fully saturated rings. The molecule has 0 saturated heterocycles. The van der Waals surface area contributed by atoms with Gasteiger partial charge in [0.2, 0.25) is 0 Å². The molecule has 2 heterocycles. The van der Waals surface area contributed by atoms with Gasteiger partial charge in [-0.05, 0) is 100 Å². The van der Waals surface area contributed by atoms with E-state index in [0.717, 1.165) is 61.3 Å². The smallest absolute Gasteiger partial charge is 0.389 e. The molecule has 1 unspecified atom stereocenters. The van der Waals surface area contributed by atoms with E-state index in [4.69, 9.17) is 2.74 Å². The van der Waals surface area contributed by atoms with Crippen molar-refractivity contribution in [2.24, 2.45) is 11.8 Å². The van der Waals surface area contributed by atoms with Crippen LogP contribution in [0, 0.1) is 51.7 Å². The van der Waals surface area contributed by atoms with Gasteiger partial charge < -0.3 is 15.1 Å². The first-order valence-electron chi connectivity index (χ1n) is 23.1. The average Bonchev–Trinajstić information content (AvgIpc) is 3.77. The van der Waals surface area contributed by atoms with Crippen LogP contribution in [0.5, 0.6) is 0 Å². The van der Waals surface area contributed by atoms with Gasteiger partial charge in [0.25, 0.3) is 0 Å². The molecule has 1 N–H and O–H groups in total. The van der Waals surface area contributed by atoms with E-state index < -0.39 is 24.3 Å². The number of aliphatic hydroxyl groups excluding tert-OH is 1. The Labute approximate surface area is 390 Å². The van der Waals surface area contributed by atoms with Crippen molar-refractivity contribution in [1.29, 1.82) is 0 Å². The van der Waals surface area contributed by atoms with E-state index in [1.54, 1.807) is 6.92 Å². The molecule has 0 amide bonds. The van der Waals surface area contributed by atoms with Gasteiger partial charge in [-0.1, -0.05) is 112 Å². The number of alkyl halides is 3. The van der Waals surface area contributed by atoms with Crippen molar-refractivity contribution < 1.29 is 45.9 Å². The number of halogens is 3. The summed E-state index contributed by atoms with van der Waals surface area (Å²) in [6, 6.07) is 32.1. The maximum absolute atomic E-state index is 12.3. The van der Waals surface area contributed by atoms with Gasteiger partial charge in [-0.15, -0.1) is 69.8 Å². The summed E-state index contributed by atoms with van der Waals surface area (Å²) < 4.78 is 52.9. The standard InChI is InChI=1S/C22H22N.C20H20N.C13H21F3O2.Ir/c1-15-11-16(2)13-20(12-15)22-21-8-7-18(17-5-3-4-6-17)14-19(21)9-10-23-22;1-13(2)16-5-6-19-17(12-16)7-8-21-20(19)18-10-14(3)9-15(4)11-18;1-4-9(5-2)11(17)7-12(18)10(6-3)8-13(14,15)16;/h7-12,14,17H,3-6H2,1-2H3;5-10,12-13H,1-4H3;7,9-10,18H,4-6,8H2,1-3H3;/q2*-1;;/b;;12-7-;/i10D;8D;;. The van der Waals surface area contributed by atoms with E-state index in [-0.39, 0.29) is 38.2 Å². The number of rotatable bonds is 11. The molecule has 8 heteroatoms. The maximum atomic E-state index is 12.3. The van der Waals surface area contributed by atoms with Crippen LogP contribution in [0.2, 0.25) is 0 Å². The Morgan fingerprint density at radius 2 is 1.25 bits per heavy atom. The quantitative estimate of drug-likeness (QED) is 0.0798. The Hall–Kier alpha value is -4.65. The number of hydrogen-bond acceptors (Lipinski definition) is 4. The van der Waals surface area contributed by atoms with E-state index in [1.165, 1.54) is 47.9 Å². The van der Waals surface area contributed by atoms with Crippen molar-refractivity contribution in [2.75, 3.05) is 0 Å². The number of fused-ring (bicyclic) bond motifs is 2. The molecule has 0 bridgehead atoms. The summed E-state index contributed by atoms with van der Waals surface area (Å²) in [4.78, 5) is 20.7. The van der Waals surface area contributed by atoms with Gasteiger partial charge in [0.05, 0.1) is 14.9 Å². The second-order valence-electron chi connectivity index (χ2n) is 17.2. The zero-order chi connectivity index (χ0) is 46.9. The van der Waals surface area contributed by atoms with Crippen molar-refractivity contribution in [3.63, 3.8) is 0 Å². The van der Waals surface area contributed by atoms with Gasteiger partial charge in [-0.25, -0.2) is 0 Å². The first kappa shape index (κ1) is 47.8. The van der Waals surface area contributed by atoms with Gasteiger partial charge >= 0.3 is 6.18 Å². The van der Waals surface area contributed by atoms with Gasteiger partial charge in [-0.2, -0.15) is 13.2 Å². The van der Waals surface area contributed by atoms with Crippen LogP contribution in [-0.2, 0) is 24.9 Å². The molecular formula is C55H63F3IrN2O2-2. The number of ketones is 1. The summed E-state index contributed by atoms with van der Waals surface area (Å²) in [5, 5.41) is 14.0. The number of hydrogen-bond donors (Lipinski definition) is 1. The molecular weight excluding hydrogens is 970 g/mol. The van der Waals surface area contributed by atoms with Gasteiger partial charge in [0.1, 0.15) is 0 Å². The second-order valence-corrected chi connectivity index (χ2v) is 17.2. The third-order valence-corrected chi connectivity index (χ3v) is 11.8. The molecule has 337 valence electrons. The molecule has 6 aromatic rings. The minimum absolute atomic E-state index is 0. The third kappa shape index (κ3) is 14.2. The summed E-state index contributed by atoms with van der Waals surface area (Å²) in [5.41, 5.74) is 11.0. The number of aliphatic hydroxyl groups is 1. The Balaban J connectivity index is 0.000000215. The van der Waals surface area contributed by atoms with E-state index in [1.807, 2.05) is 32.9 Å². The Morgan fingerprint density at radius 1 is 0.762 bits per heavy atom. The molecule has 2 aromatic heterocycles. The summed E-state index contributed by atoms with van der Waals surface area (Å²) >= 11 is 0. The molecule has 7 rings (SSSR count). The van der Waals surface area contributed by atoms with Crippen LogP contribution < -0.4 is 0 Å². The fraction of sp³-hybridized carbons (Fsp3) is 0.400. The van der Waals surface area contributed by atoms with Crippen LogP contribution in [0.3, 0.4) is 0 Å². The molecule has 1 aliphatic rings. The molecule has 1 aliphatic carbocycles. The van der Waals surface area contributed by atoms with Crippen molar-refractivity contribution >= 4 is 27.3 Å². The number of pyridine rings is 2. The third-order valence-electron chi connectivity index (χ3n) is 11.8. The van der Waals surface area contributed by atoms with Crippen molar-refractivity contribution in [3.8, 4) is 22.5 Å². The van der Waals surface area contributed by atoms with Crippen molar-refractivity contribution in [1.82, 2.24) is 9.97 Å². The summed E-state index contributed by atoms with van der Waals surface area (Å²) in [6.45, 7) is 17.9. The van der Waals surface area contributed by atoms with Crippen LogP contribution in [0.15, 0.2) is 97.0 Å². The topological polar surface area (TPSA) is 63.1 Å². The Bertz CT molecular complexity index is 2560. The van der Waals surface area contributed by atoms with Crippen molar-refractivity contribution in [3.05, 3.63) is 142 Å². The van der Waals surface area contributed by atoms with Crippen LogP contribution in [0.1, 0.15) is 134 Å². The number of aryl methyl sites for hydroxylation is 4. The summed E-state index contributed by atoms with van der Waals surface area (Å²) in [7, 11) is 0. The van der Waals surface area contributed by atoms with Crippen LogP contribution in [0.25, 0.3) is 44.1 Å². The zero-order valence-electron chi connectivity index (χ0n) is 40.2. The monoisotopic (exact) mass is 1040 g/mol. The molecule has 4 nitrogen and oxygen atoms in total. The normalized spacial score (nSPS) is 14.1. The number of carbonyl (C=O) groups excluding carboxylic acids is 1. The molecule has 1 radical (unpaired) electrons. The molecule has 1 saturated carbocycles.